The summed E-state index contributed by atoms with van der Waals surface area (Å²) in [4.78, 5) is 2.34. The zero-order valence-corrected chi connectivity index (χ0v) is 9.27. The van der Waals surface area contributed by atoms with E-state index < -0.39 is 9.73 Å². The molecule has 0 N–H and O–H groups in total. The molecule has 0 aromatic rings. The topological polar surface area (TPSA) is 32.7 Å². The van der Waals surface area contributed by atoms with Crippen molar-refractivity contribution in [3.05, 3.63) is 0 Å². The predicted molar refractivity (Wildman–Crippen MR) is 55.4 cm³/mol. The van der Waals surface area contributed by atoms with E-state index in [-0.39, 0.29) is 0 Å². The largest absolute Gasteiger partial charge is 0.305 e. The molecule has 0 atom stereocenters. The van der Waals surface area contributed by atoms with Crippen molar-refractivity contribution in [3.63, 3.8) is 0 Å². The average Bonchev–Trinajstić information content (AvgIpc) is 2.08. The molecule has 3 nitrogen and oxygen atoms in total. The zero-order chi connectivity index (χ0) is 9.53. The number of rotatable bonds is 0. The molecular formula is C9H18N2OS. The van der Waals surface area contributed by atoms with Gasteiger partial charge in [0.25, 0.3) is 0 Å². The number of hydrogen-bond donors (Lipinski definition) is 0. The van der Waals surface area contributed by atoms with Crippen LogP contribution in [0.1, 0.15) is 12.8 Å². The van der Waals surface area contributed by atoms with E-state index in [4.69, 9.17) is 0 Å². The van der Waals surface area contributed by atoms with Gasteiger partial charge in [-0.3, -0.25) is 0 Å². The molecule has 2 fully saturated rings. The SMILES string of the molecule is CN=S1(=O)CCC2(CC1)CN(C)C2. The normalized spacial score (nSPS) is 31.2. The first-order chi connectivity index (χ1) is 6.08. The molecule has 0 bridgehead atoms. The second-order valence-corrected chi connectivity index (χ2v) is 7.26. The molecule has 0 radical (unpaired) electrons. The summed E-state index contributed by atoms with van der Waals surface area (Å²) in [7, 11) is 2.07. The molecule has 4 heteroatoms. The number of likely N-dealkylation sites (tertiary alicyclic amines) is 1. The van der Waals surface area contributed by atoms with Gasteiger partial charge < -0.3 is 4.90 Å². The van der Waals surface area contributed by atoms with Crippen LogP contribution in [0.2, 0.25) is 0 Å². The van der Waals surface area contributed by atoms with Gasteiger partial charge in [0, 0.05) is 41.4 Å². The van der Waals surface area contributed by atoms with Crippen molar-refractivity contribution in [3.8, 4) is 0 Å². The first kappa shape index (κ1) is 9.46. The smallest absolute Gasteiger partial charge is 0.0465 e. The minimum absolute atomic E-state index is 0.514. The van der Waals surface area contributed by atoms with E-state index in [1.807, 2.05) is 0 Å². The van der Waals surface area contributed by atoms with Crippen molar-refractivity contribution in [2.45, 2.75) is 12.8 Å². The van der Waals surface area contributed by atoms with Crippen LogP contribution in [-0.2, 0) is 9.73 Å². The van der Waals surface area contributed by atoms with Gasteiger partial charge in [0.15, 0.2) is 0 Å². The molecule has 0 saturated carbocycles. The second-order valence-electron chi connectivity index (χ2n) is 4.54. The monoisotopic (exact) mass is 202 g/mol. The number of hydrogen-bond acceptors (Lipinski definition) is 3. The lowest BCUT2D eigenvalue weighted by Gasteiger charge is -2.51. The van der Waals surface area contributed by atoms with Crippen molar-refractivity contribution in [1.29, 1.82) is 0 Å². The third kappa shape index (κ3) is 1.62. The molecule has 0 aromatic heterocycles. The Morgan fingerprint density at radius 3 is 2.23 bits per heavy atom. The van der Waals surface area contributed by atoms with Crippen LogP contribution in [0.3, 0.4) is 0 Å². The van der Waals surface area contributed by atoms with E-state index in [1.54, 1.807) is 7.05 Å². The Balaban J connectivity index is 2.02. The highest BCUT2D eigenvalue weighted by atomic mass is 32.2. The summed E-state index contributed by atoms with van der Waals surface area (Å²) in [5, 5.41) is 0. The Labute approximate surface area is 80.7 Å². The highest BCUT2D eigenvalue weighted by Gasteiger charge is 2.43. The van der Waals surface area contributed by atoms with Crippen LogP contribution in [0.25, 0.3) is 0 Å². The van der Waals surface area contributed by atoms with E-state index >= 15 is 0 Å². The standard InChI is InChI=1S/C9H18N2OS/c1-10-13(12)5-3-9(4-6-13)7-11(2)8-9/h3-8H2,1-2H3. The Morgan fingerprint density at radius 2 is 1.85 bits per heavy atom. The summed E-state index contributed by atoms with van der Waals surface area (Å²) < 4.78 is 15.9. The first-order valence-electron chi connectivity index (χ1n) is 4.87. The van der Waals surface area contributed by atoms with Crippen LogP contribution in [0.15, 0.2) is 4.36 Å². The fourth-order valence-corrected chi connectivity index (χ4v) is 4.65. The van der Waals surface area contributed by atoms with Gasteiger partial charge in [-0.05, 0) is 25.3 Å². The summed E-state index contributed by atoms with van der Waals surface area (Å²) in [5.41, 5.74) is 0.514. The fraction of sp³-hybridized carbons (Fsp3) is 1.00. The minimum atomic E-state index is -1.79. The second kappa shape index (κ2) is 2.95. The molecule has 2 aliphatic heterocycles. The highest BCUT2D eigenvalue weighted by molar-refractivity contribution is 7.93. The lowest BCUT2D eigenvalue weighted by atomic mass is 9.75. The molecule has 1 spiro atoms. The maximum Gasteiger partial charge on any atom is 0.0465 e. The van der Waals surface area contributed by atoms with Crippen LogP contribution in [0, 0.1) is 5.41 Å². The van der Waals surface area contributed by atoms with Gasteiger partial charge in [0.1, 0.15) is 0 Å². The molecule has 0 aliphatic carbocycles. The molecule has 76 valence electrons. The van der Waals surface area contributed by atoms with Crippen molar-refractivity contribution >= 4 is 9.73 Å². The third-order valence-corrected chi connectivity index (χ3v) is 5.80. The van der Waals surface area contributed by atoms with Gasteiger partial charge in [-0.15, -0.1) is 0 Å². The van der Waals surface area contributed by atoms with Crippen molar-refractivity contribution < 1.29 is 4.21 Å². The van der Waals surface area contributed by atoms with E-state index in [1.165, 1.54) is 13.1 Å². The molecule has 2 heterocycles. The van der Waals surface area contributed by atoms with Crippen molar-refractivity contribution in [1.82, 2.24) is 4.90 Å². The Morgan fingerprint density at radius 1 is 1.31 bits per heavy atom. The van der Waals surface area contributed by atoms with E-state index in [9.17, 15) is 4.21 Å². The minimum Gasteiger partial charge on any atom is -0.305 e. The molecule has 2 rings (SSSR count). The van der Waals surface area contributed by atoms with Gasteiger partial charge >= 0.3 is 0 Å². The van der Waals surface area contributed by atoms with Crippen molar-refractivity contribution in [2.24, 2.45) is 9.78 Å². The Hall–Kier alpha value is -0.0900. The average molecular weight is 202 g/mol. The molecule has 13 heavy (non-hydrogen) atoms. The van der Waals surface area contributed by atoms with Crippen molar-refractivity contribution in [2.75, 3.05) is 38.7 Å². The van der Waals surface area contributed by atoms with Crippen LogP contribution >= 0.6 is 0 Å². The van der Waals surface area contributed by atoms with Crippen LogP contribution in [0.5, 0.6) is 0 Å². The lowest BCUT2D eigenvalue weighted by molar-refractivity contribution is 0.0142. The van der Waals surface area contributed by atoms with Crippen LogP contribution < -0.4 is 0 Å². The quantitative estimate of drug-likeness (QED) is 0.582. The molecule has 0 amide bonds. The van der Waals surface area contributed by atoms with E-state index in [2.05, 4.69) is 16.3 Å². The van der Waals surface area contributed by atoms with E-state index in [0.29, 0.717) is 5.41 Å². The first-order valence-corrected chi connectivity index (χ1v) is 6.72. The molecule has 0 aromatic carbocycles. The molecule has 2 saturated heterocycles. The fourth-order valence-electron chi connectivity index (χ4n) is 2.58. The highest BCUT2D eigenvalue weighted by Crippen LogP contribution is 2.40. The maximum atomic E-state index is 11.9. The Bertz CT molecular complexity index is 296. The van der Waals surface area contributed by atoms with Gasteiger partial charge in [-0.25, -0.2) is 8.57 Å². The number of nitrogens with zero attached hydrogens (tertiary/aromatic N) is 2. The summed E-state index contributed by atoms with van der Waals surface area (Å²) in [6, 6.07) is 0. The summed E-state index contributed by atoms with van der Waals surface area (Å²) in [6.07, 6.45) is 2.24. The predicted octanol–water partition coefficient (Wildman–Crippen LogP) is 0.810. The van der Waals surface area contributed by atoms with Gasteiger partial charge in [-0.1, -0.05) is 0 Å². The Kier molecular flexibility index (Phi) is 2.15. The lowest BCUT2D eigenvalue weighted by Crippen LogP contribution is -2.57. The van der Waals surface area contributed by atoms with Crippen LogP contribution in [0.4, 0.5) is 0 Å². The molecule has 2 aliphatic rings. The van der Waals surface area contributed by atoms with Crippen LogP contribution in [-0.4, -0.2) is 47.8 Å². The zero-order valence-electron chi connectivity index (χ0n) is 8.45. The molecule has 0 unspecified atom stereocenters. The third-order valence-electron chi connectivity index (χ3n) is 3.45. The van der Waals surface area contributed by atoms with Gasteiger partial charge in [0.05, 0.1) is 0 Å². The molecular weight excluding hydrogens is 184 g/mol. The summed E-state index contributed by atoms with van der Waals surface area (Å²) >= 11 is 0. The van der Waals surface area contributed by atoms with E-state index in [0.717, 1.165) is 24.3 Å². The maximum absolute atomic E-state index is 11.9. The van der Waals surface area contributed by atoms with Gasteiger partial charge in [0.2, 0.25) is 0 Å². The summed E-state index contributed by atoms with van der Waals surface area (Å²) in [6.45, 7) is 2.40. The van der Waals surface area contributed by atoms with Gasteiger partial charge in [-0.2, -0.15) is 0 Å². The summed E-state index contributed by atoms with van der Waals surface area (Å²) in [5.74, 6) is 1.66.